The molecule has 2 N–H and O–H groups in total. The first-order valence-corrected chi connectivity index (χ1v) is 6.67. The molecule has 0 aliphatic rings. The van der Waals surface area contributed by atoms with E-state index in [1.54, 1.807) is 5.56 Å². The molecular weight excluding hydrogens is 206 g/mol. The van der Waals surface area contributed by atoms with Crippen molar-refractivity contribution in [2.75, 3.05) is 0 Å². The van der Waals surface area contributed by atoms with Crippen molar-refractivity contribution in [2.24, 2.45) is 5.73 Å². The van der Waals surface area contributed by atoms with Crippen LogP contribution < -0.4 is 5.73 Å². The first-order chi connectivity index (χ1) is 7.84. The van der Waals surface area contributed by atoms with Gasteiger partial charge in [-0.1, -0.05) is 13.0 Å². The highest BCUT2D eigenvalue weighted by atomic mass is 14.6. The van der Waals surface area contributed by atoms with E-state index in [9.17, 15) is 0 Å². The van der Waals surface area contributed by atoms with E-state index in [0.29, 0.717) is 12.0 Å². The summed E-state index contributed by atoms with van der Waals surface area (Å²) in [6.45, 7) is 13.3. The van der Waals surface area contributed by atoms with Gasteiger partial charge in [-0.15, -0.1) is 0 Å². The monoisotopic (exact) mass is 233 g/mol. The first kappa shape index (κ1) is 14.2. The molecule has 2 unspecified atom stereocenters. The van der Waals surface area contributed by atoms with Gasteiger partial charge in [0.15, 0.2) is 0 Å². The molecule has 0 aromatic heterocycles. The van der Waals surface area contributed by atoms with Crippen LogP contribution in [0.1, 0.15) is 60.4 Å². The topological polar surface area (TPSA) is 26.0 Å². The average molecular weight is 233 g/mol. The maximum Gasteiger partial charge on any atom is 0.00106 e. The summed E-state index contributed by atoms with van der Waals surface area (Å²) in [5.41, 5.74) is 13.2. The molecule has 0 heterocycles. The van der Waals surface area contributed by atoms with Gasteiger partial charge in [-0.25, -0.2) is 0 Å². The van der Waals surface area contributed by atoms with E-state index >= 15 is 0 Å². The SMILES string of the molecule is Cc1cc(C)c(C)c(C(C)CCC(C)N)c1C. The Morgan fingerprint density at radius 1 is 0.941 bits per heavy atom. The first-order valence-electron chi connectivity index (χ1n) is 6.67. The van der Waals surface area contributed by atoms with Gasteiger partial charge in [-0.3, -0.25) is 0 Å². The summed E-state index contributed by atoms with van der Waals surface area (Å²) in [5, 5.41) is 0. The molecule has 17 heavy (non-hydrogen) atoms. The molecule has 1 nitrogen and oxygen atoms in total. The van der Waals surface area contributed by atoms with Crippen LogP contribution in [0.5, 0.6) is 0 Å². The van der Waals surface area contributed by atoms with Crippen molar-refractivity contribution in [1.29, 1.82) is 0 Å². The zero-order chi connectivity index (χ0) is 13.2. The van der Waals surface area contributed by atoms with Gasteiger partial charge in [-0.2, -0.15) is 0 Å². The van der Waals surface area contributed by atoms with E-state index in [1.807, 2.05) is 0 Å². The second-order valence-corrected chi connectivity index (χ2v) is 5.63. The molecule has 1 aromatic carbocycles. The highest BCUT2D eigenvalue weighted by Crippen LogP contribution is 2.31. The lowest BCUT2D eigenvalue weighted by molar-refractivity contribution is 0.565. The third-order valence-corrected chi connectivity index (χ3v) is 3.97. The summed E-state index contributed by atoms with van der Waals surface area (Å²) in [4.78, 5) is 0. The molecule has 0 fully saturated rings. The van der Waals surface area contributed by atoms with E-state index in [2.05, 4.69) is 47.6 Å². The van der Waals surface area contributed by atoms with Crippen LogP contribution in [0, 0.1) is 27.7 Å². The van der Waals surface area contributed by atoms with Crippen LogP contribution in [0.25, 0.3) is 0 Å². The number of benzene rings is 1. The maximum absolute atomic E-state index is 5.85. The molecule has 1 heteroatoms. The molecule has 0 saturated carbocycles. The fourth-order valence-corrected chi connectivity index (χ4v) is 2.64. The summed E-state index contributed by atoms with van der Waals surface area (Å²) >= 11 is 0. The summed E-state index contributed by atoms with van der Waals surface area (Å²) < 4.78 is 0. The van der Waals surface area contributed by atoms with Gasteiger partial charge in [0.2, 0.25) is 0 Å². The molecular formula is C16H27N. The predicted molar refractivity (Wildman–Crippen MR) is 76.7 cm³/mol. The molecule has 96 valence electrons. The molecule has 0 amide bonds. The lowest BCUT2D eigenvalue weighted by Gasteiger charge is -2.21. The fraction of sp³-hybridized carbons (Fsp3) is 0.625. The molecule has 0 saturated heterocycles. The average Bonchev–Trinajstić information content (AvgIpc) is 2.24. The van der Waals surface area contributed by atoms with Crippen LogP contribution in [0.2, 0.25) is 0 Å². The van der Waals surface area contributed by atoms with Crippen LogP contribution in [-0.4, -0.2) is 6.04 Å². The lowest BCUT2D eigenvalue weighted by Crippen LogP contribution is -2.16. The Morgan fingerprint density at radius 3 is 1.82 bits per heavy atom. The zero-order valence-corrected chi connectivity index (χ0v) is 12.2. The molecule has 0 radical (unpaired) electrons. The van der Waals surface area contributed by atoms with Crippen molar-refractivity contribution in [3.8, 4) is 0 Å². The number of hydrogen-bond donors (Lipinski definition) is 1. The van der Waals surface area contributed by atoms with E-state index < -0.39 is 0 Å². The number of hydrogen-bond acceptors (Lipinski definition) is 1. The Morgan fingerprint density at radius 2 is 1.41 bits per heavy atom. The fourth-order valence-electron chi connectivity index (χ4n) is 2.64. The summed E-state index contributed by atoms with van der Waals surface area (Å²) in [5.74, 6) is 0.611. The van der Waals surface area contributed by atoms with Crippen LogP contribution in [-0.2, 0) is 0 Å². The van der Waals surface area contributed by atoms with Crippen molar-refractivity contribution in [3.63, 3.8) is 0 Å². The second kappa shape index (κ2) is 5.68. The molecule has 0 aliphatic heterocycles. The van der Waals surface area contributed by atoms with Gasteiger partial charge in [-0.05, 0) is 81.2 Å². The quantitative estimate of drug-likeness (QED) is 0.830. The van der Waals surface area contributed by atoms with Crippen molar-refractivity contribution in [1.82, 2.24) is 0 Å². The normalized spacial score (nSPS) is 14.8. The molecule has 2 atom stereocenters. The van der Waals surface area contributed by atoms with Crippen LogP contribution in [0.15, 0.2) is 6.07 Å². The van der Waals surface area contributed by atoms with E-state index in [4.69, 9.17) is 5.73 Å². The third kappa shape index (κ3) is 3.32. The molecule has 1 rings (SSSR count). The second-order valence-electron chi connectivity index (χ2n) is 5.63. The Labute approximate surface area is 106 Å². The highest BCUT2D eigenvalue weighted by molar-refractivity contribution is 5.45. The van der Waals surface area contributed by atoms with Crippen molar-refractivity contribution in [3.05, 3.63) is 33.9 Å². The van der Waals surface area contributed by atoms with E-state index in [-0.39, 0.29) is 0 Å². The Hall–Kier alpha value is -0.820. The molecule has 0 spiro atoms. The number of aryl methyl sites for hydroxylation is 2. The standard InChI is InChI=1S/C16H27N/c1-10(7-8-13(4)17)16-14(5)11(2)9-12(3)15(16)6/h9-10,13H,7-8,17H2,1-6H3. The van der Waals surface area contributed by atoms with Crippen molar-refractivity contribution >= 4 is 0 Å². The van der Waals surface area contributed by atoms with Gasteiger partial charge >= 0.3 is 0 Å². The highest BCUT2D eigenvalue weighted by Gasteiger charge is 2.15. The van der Waals surface area contributed by atoms with E-state index in [0.717, 1.165) is 6.42 Å². The lowest BCUT2D eigenvalue weighted by atomic mass is 9.84. The molecule has 1 aromatic rings. The maximum atomic E-state index is 5.85. The minimum Gasteiger partial charge on any atom is -0.328 e. The van der Waals surface area contributed by atoms with Crippen LogP contribution in [0.3, 0.4) is 0 Å². The van der Waals surface area contributed by atoms with Crippen molar-refractivity contribution in [2.45, 2.75) is 66.3 Å². The number of rotatable bonds is 4. The molecule has 0 aliphatic carbocycles. The van der Waals surface area contributed by atoms with Gasteiger partial charge in [0.05, 0.1) is 0 Å². The van der Waals surface area contributed by atoms with Crippen LogP contribution in [0.4, 0.5) is 0 Å². The van der Waals surface area contributed by atoms with Gasteiger partial charge in [0, 0.05) is 6.04 Å². The Balaban J connectivity index is 3.03. The summed E-state index contributed by atoms with van der Waals surface area (Å²) in [6.07, 6.45) is 2.29. The van der Waals surface area contributed by atoms with Crippen LogP contribution >= 0.6 is 0 Å². The van der Waals surface area contributed by atoms with Gasteiger partial charge < -0.3 is 5.73 Å². The van der Waals surface area contributed by atoms with Gasteiger partial charge in [0.25, 0.3) is 0 Å². The summed E-state index contributed by atoms with van der Waals surface area (Å²) in [6, 6.07) is 2.61. The van der Waals surface area contributed by atoms with E-state index in [1.165, 1.54) is 28.7 Å². The smallest absolute Gasteiger partial charge is 0.00106 e. The molecule has 0 bridgehead atoms. The van der Waals surface area contributed by atoms with Gasteiger partial charge in [0.1, 0.15) is 0 Å². The Bertz CT molecular complexity index is 365. The number of nitrogens with two attached hydrogens (primary N) is 1. The Kier molecular flexibility index (Phi) is 4.76. The van der Waals surface area contributed by atoms with Crippen molar-refractivity contribution < 1.29 is 0 Å². The minimum atomic E-state index is 0.309. The summed E-state index contributed by atoms with van der Waals surface area (Å²) in [7, 11) is 0. The minimum absolute atomic E-state index is 0.309. The zero-order valence-electron chi connectivity index (χ0n) is 12.2. The third-order valence-electron chi connectivity index (χ3n) is 3.97. The predicted octanol–water partition coefficient (Wildman–Crippen LogP) is 4.15. The largest absolute Gasteiger partial charge is 0.328 e.